The smallest absolute Gasteiger partial charge is 0.389 e. The van der Waals surface area contributed by atoms with Gasteiger partial charge in [0.05, 0.1) is 35.2 Å². The van der Waals surface area contributed by atoms with Gasteiger partial charge in [-0.15, -0.1) is 11.3 Å². The lowest BCUT2D eigenvalue weighted by molar-refractivity contribution is -0.143. The number of thiazole rings is 1. The van der Waals surface area contributed by atoms with Crippen molar-refractivity contribution < 1.29 is 22.8 Å². The number of ketones is 1. The zero-order valence-electron chi connectivity index (χ0n) is 18.2. The summed E-state index contributed by atoms with van der Waals surface area (Å²) in [6, 6.07) is 10.9. The van der Waals surface area contributed by atoms with Crippen LogP contribution >= 0.6 is 11.3 Å². The summed E-state index contributed by atoms with van der Waals surface area (Å²) in [4.78, 5) is 26.0. The number of nitrogens with zero attached hydrogens (tertiary/aromatic N) is 4. The molecule has 1 aromatic carbocycles. The summed E-state index contributed by atoms with van der Waals surface area (Å²) in [7, 11) is 0. The highest BCUT2D eigenvalue weighted by atomic mass is 32.1. The van der Waals surface area contributed by atoms with Gasteiger partial charge in [0, 0.05) is 35.5 Å². The number of rotatable bonds is 9. The number of Topliss-reactive ketones (excluding diaryl/α,β-unsaturated/α-hetero) is 1. The van der Waals surface area contributed by atoms with Gasteiger partial charge in [0.2, 0.25) is 0 Å². The molecule has 34 heavy (non-hydrogen) atoms. The average Bonchev–Trinajstić information content (AvgIpc) is 3.40. The maximum Gasteiger partial charge on any atom is 0.389 e. The highest BCUT2D eigenvalue weighted by Gasteiger charge is 2.27. The van der Waals surface area contributed by atoms with Crippen LogP contribution in [0, 0.1) is 6.92 Å². The van der Waals surface area contributed by atoms with Gasteiger partial charge in [-0.1, -0.05) is 23.4 Å². The zero-order valence-corrected chi connectivity index (χ0v) is 19.1. The molecule has 0 radical (unpaired) electrons. The third-order valence-electron chi connectivity index (χ3n) is 5.00. The summed E-state index contributed by atoms with van der Waals surface area (Å²) in [6.45, 7) is 2.23. The van der Waals surface area contributed by atoms with Gasteiger partial charge in [0.15, 0.2) is 6.61 Å². The van der Waals surface area contributed by atoms with Crippen molar-refractivity contribution in [2.45, 2.75) is 39.0 Å². The van der Waals surface area contributed by atoms with E-state index < -0.39 is 24.8 Å². The second-order valence-corrected chi connectivity index (χ2v) is 8.79. The maximum atomic E-state index is 12.4. The molecule has 4 aromatic rings. The van der Waals surface area contributed by atoms with E-state index in [1.54, 1.807) is 41.9 Å². The molecule has 0 atom stereocenters. The number of alkyl halides is 3. The summed E-state index contributed by atoms with van der Waals surface area (Å²) >= 11 is 1.56. The molecule has 10 heteroatoms. The molecule has 0 N–H and O–H groups in total. The molecule has 0 aliphatic heterocycles. The monoisotopic (exact) mass is 486 g/mol. The Morgan fingerprint density at radius 3 is 2.88 bits per heavy atom. The standard InChI is InChI=1S/C24H21F3N4O2S/c1-16-30-20(15-34-16)14-33-29-12-18-6-8-31-22(13-28-23(31)11-18)19-4-2-3-17(9-19)10-21(32)5-7-24(25,26)27/h2-4,6,8-9,11-13,15H,5,7,10,14H2,1H3. The number of aromatic nitrogens is 3. The van der Waals surface area contributed by atoms with Gasteiger partial charge in [-0.05, 0) is 30.7 Å². The fraction of sp³-hybridized carbons (Fsp3) is 0.250. The quantitative estimate of drug-likeness (QED) is 0.222. The van der Waals surface area contributed by atoms with Crippen molar-refractivity contribution in [3.63, 3.8) is 0 Å². The number of pyridine rings is 1. The molecule has 0 saturated carbocycles. The predicted molar refractivity (Wildman–Crippen MR) is 124 cm³/mol. The lowest BCUT2D eigenvalue weighted by atomic mass is 10.0. The number of carbonyl (C=O) groups excluding carboxylic acids is 1. The average molecular weight is 487 g/mol. The normalized spacial score (nSPS) is 12.0. The van der Waals surface area contributed by atoms with E-state index in [2.05, 4.69) is 15.1 Å². The molecule has 4 rings (SSSR count). The molecule has 176 valence electrons. The van der Waals surface area contributed by atoms with E-state index in [1.807, 2.05) is 41.1 Å². The summed E-state index contributed by atoms with van der Waals surface area (Å²) in [5, 5.41) is 6.89. The van der Waals surface area contributed by atoms with Gasteiger partial charge < -0.3 is 4.84 Å². The van der Waals surface area contributed by atoms with Crippen molar-refractivity contribution in [1.29, 1.82) is 0 Å². The molecule has 0 fully saturated rings. The van der Waals surface area contributed by atoms with Crippen molar-refractivity contribution >= 4 is 29.0 Å². The minimum atomic E-state index is -4.33. The second-order valence-electron chi connectivity index (χ2n) is 7.73. The van der Waals surface area contributed by atoms with Crippen LogP contribution in [0.25, 0.3) is 16.9 Å². The Balaban J connectivity index is 1.43. The summed E-state index contributed by atoms with van der Waals surface area (Å²) in [6.07, 6.45) is -0.820. The van der Waals surface area contributed by atoms with E-state index in [-0.39, 0.29) is 6.42 Å². The molecule has 0 saturated heterocycles. The van der Waals surface area contributed by atoms with E-state index in [9.17, 15) is 18.0 Å². The van der Waals surface area contributed by atoms with E-state index in [0.717, 1.165) is 27.5 Å². The van der Waals surface area contributed by atoms with Crippen molar-refractivity contribution in [3.05, 3.63) is 76.0 Å². The maximum absolute atomic E-state index is 12.4. The molecule has 3 heterocycles. The van der Waals surface area contributed by atoms with Crippen LogP contribution in [-0.2, 0) is 22.7 Å². The highest BCUT2D eigenvalue weighted by Crippen LogP contribution is 2.24. The van der Waals surface area contributed by atoms with Crippen LogP contribution in [0.2, 0.25) is 0 Å². The van der Waals surface area contributed by atoms with Gasteiger partial charge in [-0.3, -0.25) is 9.20 Å². The zero-order chi connectivity index (χ0) is 24.1. The number of halogens is 3. The SMILES string of the molecule is Cc1nc(CON=Cc2ccn3c(-c4cccc(CC(=O)CCC(F)(F)F)c4)cnc3c2)cs1. The number of fused-ring (bicyclic) bond motifs is 1. The third kappa shape index (κ3) is 6.28. The number of hydrogen-bond acceptors (Lipinski definition) is 6. The fourth-order valence-electron chi connectivity index (χ4n) is 3.40. The topological polar surface area (TPSA) is 68.8 Å². The van der Waals surface area contributed by atoms with Crippen LogP contribution < -0.4 is 0 Å². The van der Waals surface area contributed by atoms with Gasteiger partial charge in [-0.25, -0.2) is 9.97 Å². The Morgan fingerprint density at radius 1 is 1.26 bits per heavy atom. The molecule has 0 bridgehead atoms. The first-order valence-electron chi connectivity index (χ1n) is 10.5. The number of benzene rings is 1. The Bertz CT molecular complexity index is 1330. The van der Waals surface area contributed by atoms with Crippen LogP contribution in [0.1, 0.15) is 34.7 Å². The lowest BCUT2D eigenvalue weighted by Crippen LogP contribution is -2.12. The van der Waals surface area contributed by atoms with Crippen LogP contribution in [0.4, 0.5) is 13.2 Å². The molecule has 0 aliphatic carbocycles. The second kappa shape index (κ2) is 10.2. The molecule has 6 nitrogen and oxygen atoms in total. The van der Waals surface area contributed by atoms with Crippen LogP contribution in [-0.4, -0.2) is 32.5 Å². The van der Waals surface area contributed by atoms with E-state index >= 15 is 0 Å². The minimum Gasteiger partial charge on any atom is -0.389 e. The van der Waals surface area contributed by atoms with Crippen molar-refractivity contribution in [2.75, 3.05) is 0 Å². The Hall–Kier alpha value is -3.53. The summed E-state index contributed by atoms with van der Waals surface area (Å²) < 4.78 is 39.0. The summed E-state index contributed by atoms with van der Waals surface area (Å²) in [5.41, 5.74) is 4.62. The Kier molecular flexibility index (Phi) is 7.06. The highest BCUT2D eigenvalue weighted by molar-refractivity contribution is 7.09. The van der Waals surface area contributed by atoms with Gasteiger partial charge in [0.25, 0.3) is 0 Å². The van der Waals surface area contributed by atoms with Crippen molar-refractivity contribution in [3.8, 4) is 11.3 Å². The summed E-state index contributed by atoms with van der Waals surface area (Å²) in [5.74, 6) is -0.441. The first-order valence-corrected chi connectivity index (χ1v) is 11.4. The van der Waals surface area contributed by atoms with Crippen molar-refractivity contribution in [2.24, 2.45) is 5.16 Å². The first-order chi connectivity index (χ1) is 16.3. The molecular formula is C24H21F3N4O2S. The lowest BCUT2D eigenvalue weighted by Gasteiger charge is -2.07. The molecular weight excluding hydrogens is 465 g/mol. The fourth-order valence-corrected chi connectivity index (χ4v) is 4.00. The van der Waals surface area contributed by atoms with E-state index in [4.69, 9.17) is 4.84 Å². The number of aryl methyl sites for hydroxylation is 1. The first kappa shape index (κ1) is 23.6. The van der Waals surface area contributed by atoms with Gasteiger partial charge in [0.1, 0.15) is 11.4 Å². The predicted octanol–water partition coefficient (Wildman–Crippen LogP) is 5.77. The molecule has 3 aromatic heterocycles. The Labute approximate surface area is 197 Å². The van der Waals surface area contributed by atoms with E-state index in [1.165, 1.54) is 0 Å². The number of imidazole rings is 1. The van der Waals surface area contributed by atoms with Gasteiger partial charge >= 0.3 is 6.18 Å². The molecule has 0 aliphatic rings. The van der Waals surface area contributed by atoms with E-state index in [0.29, 0.717) is 17.8 Å². The third-order valence-corrected chi connectivity index (χ3v) is 5.83. The van der Waals surface area contributed by atoms with Gasteiger partial charge in [-0.2, -0.15) is 13.2 Å². The number of carbonyl (C=O) groups is 1. The number of oxime groups is 1. The largest absolute Gasteiger partial charge is 0.389 e. The molecule has 0 amide bonds. The Morgan fingerprint density at radius 2 is 2.12 bits per heavy atom. The minimum absolute atomic E-state index is 0.0399. The van der Waals surface area contributed by atoms with Crippen molar-refractivity contribution in [1.82, 2.24) is 14.4 Å². The van der Waals surface area contributed by atoms with Crippen LogP contribution in [0.15, 0.2) is 59.3 Å². The van der Waals surface area contributed by atoms with Crippen LogP contribution in [0.5, 0.6) is 0 Å². The molecule has 0 spiro atoms. The molecule has 0 unspecified atom stereocenters. The van der Waals surface area contributed by atoms with Crippen LogP contribution in [0.3, 0.4) is 0 Å². The number of hydrogen-bond donors (Lipinski definition) is 0.